The van der Waals surface area contributed by atoms with E-state index < -0.39 is 8.32 Å². The van der Waals surface area contributed by atoms with E-state index in [0.29, 0.717) is 11.3 Å². The number of hydrogen-bond acceptors (Lipinski definition) is 4. The average Bonchev–Trinajstić information content (AvgIpc) is 3.15. The fraction of sp³-hybridized carbons (Fsp3) is 0.806. The van der Waals surface area contributed by atoms with Crippen LogP contribution in [-0.4, -0.2) is 27.1 Å². The molecule has 4 aliphatic rings. The van der Waals surface area contributed by atoms with Gasteiger partial charge in [-0.25, -0.2) is 0 Å². The van der Waals surface area contributed by atoms with Crippen molar-refractivity contribution in [2.45, 2.75) is 105 Å². The first-order valence-corrected chi connectivity index (χ1v) is 18.0. The van der Waals surface area contributed by atoms with E-state index in [1.54, 1.807) is 7.11 Å². The Bertz CT molecular complexity index is 917. The summed E-state index contributed by atoms with van der Waals surface area (Å²) in [5, 5.41) is 4.25. The lowest BCUT2D eigenvalue weighted by Crippen LogP contribution is -2.49. The van der Waals surface area contributed by atoms with Crippen LogP contribution >= 0.6 is 0 Å². The first-order chi connectivity index (χ1) is 16.9. The second kappa shape index (κ2) is 10.4. The van der Waals surface area contributed by atoms with Crippen LogP contribution in [0.1, 0.15) is 85.5 Å². The molecule has 0 heterocycles. The SMILES string of the molecule is CO/N=C1/C=C2C=CC3C(CC[C@@]4(C)C3CC[C@@H]4C(C)CCCC(C)C(=O)O[Si](C)(C)C)[C@@]2(C)CC1. The van der Waals surface area contributed by atoms with Crippen LogP contribution in [0.5, 0.6) is 0 Å². The van der Waals surface area contributed by atoms with Gasteiger partial charge in [-0.1, -0.05) is 57.8 Å². The van der Waals surface area contributed by atoms with Crippen LogP contribution in [0.25, 0.3) is 0 Å². The Hall–Kier alpha value is -1.36. The Morgan fingerprint density at radius 1 is 1.11 bits per heavy atom. The van der Waals surface area contributed by atoms with Crippen molar-refractivity contribution in [2.24, 2.45) is 51.5 Å². The molecule has 0 N–H and O–H groups in total. The van der Waals surface area contributed by atoms with E-state index in [1.165, 1.54) is 44.1 Å². The third-order valence-electron chi connectivity index (χ3n) is 10.6. The minimum atomic E-state index is -1.80. The van der Waals surface area contributed by atoms with E-state index >= 15 is 0 Å². The summed E-state index contributed by atoms with van der Waals surface area (Å²) in [6.45, 7) is 16.0. The van der Waals surface area contributed by atoms with Gasteiger partial charge in [-0.05, 0) is 117 Å². The minimum Gasteiger partial charge on any atom is -0.520 e. The number of oxime groups is 1. The molecule has 4 rings (SSSR count). The maximum Gasteiger partial charge on any atom is 0.295 e. The van der Waals surface area contributed by atoms with E-state index in [9.17, 15) is 4.79 Å². The van der Waals surface area contributed by atoms with Gasteiger partial charge in [0.15, 0.2) is 0 Å². The average molecular weight is 514 g/mol. The van der Waals surface area contributed by atoms with Crippen molar-refractivity contribution in [2.75, 3.05) is 7.11 Å². The highest BCUT2D eigenvalue weighted by Gasteiger charge is 2.58. The van der Waals surface area contributed by atoms with Gasteiger partial charge in [-0.3, -0.25) is 4.79 Å². The molecule has 0 aromatic rings. The Morgan fingerprint density at radius 3 is 2.56 bits per heavy atom. The second-order valence-electron chi connectivity index (χ2n) is 14.0. The lowest BCUT2D eigenvalue weighted by molar-refractivity contribution is -0.139. The third-order valence-corrected chi connectivity index (χ3v) is 11.4. The summed E-state index contributed by atoms with van der Waals surface area (Å²) in [5.41, 5.74) is 3.28. The van der Waals surface area contributed by atoms with Crippen LogP contribution in [-0.2, 0) is 14.1 Å². The molecular weight excluding hydrogens is 462 g/mol. The maximum atomic E-state index is 12.4. The normalized spacial score (nSPS) is 38.4. The van der Waals surface area contributed by atoms with Gasteiger partial charge in [0.05, 0.1) is 11.6 Å². The predicted octanol–water partition coefficient (Wildman–Crippen LogP) is 8.16. The largest absolute Gasteiger partial charge is 0.520 e. The van der Waals surface area contributed by atoms with Crippen molar-refractivity contribution in [1.82, 2.24) is 0 Å². The van der Waals surface area contributed by atoms with Gasteiger partial charge in [0.1, 0.15) is 7.11 Å². The zero-order chi connectivity index (χ0) is 26.3. The maximum absolute atomic E-state index is 12.4. The Labute approximate surface area is 221 Å². The molecule has 2 fully saturated rings. The molecule has 0 saturated heterocycles. The van der Waals surface area contributed by atoms with Crippen LogP contribution < -0.4 is 0 Å². The van der Waals surface area contributed by atoms with Crippen LogP contribution in [0.4, 0.5) is 0 Å². The summed E-state index contributed by atoms with van der Waals surface area (Å²) in [5.74, 6) is 3.83. The first-order valence-electron chi connectivity index (χ1n) is 14.6. The summed E-state index contributed by atoms with van der Waals surface area (Å²) in [7, 11) is -0.156. The highest BCUT2D eigenvalue weighted by atomic mass is 28.4. The molecule has 4 nitrogen and oxygen atoms in total. The van der Waals surface area contributed by atoms with Crippen LogP contribution in [0.2, 0.25) is 19.6 Å². The zero-order valence-corrected chi connectivity index (χ0v) is 25.2. The van der Waals surface area contributed by atoms with E-state index in [0.717, 1.165) is 48.6 Å². The number of rotatable bonds is 8. The van der Waals surface area contributed by atoms with Crippen molar-refractivity contribution in [1.29, 1.82) is 0 Å². The number of carbonyl (C=O) groups excluding carboxylic acids is 1. The first kappa shape index (κ1) is 27.7. The van der Waals surface area contributed by atoms with Gasteiger partial charge in [0.25, 0.3) is 5.97 Å². The highest BCUT2D eigenvalue weighted by molar-refractivity contribution is 6.71. The number of hydrogen-bond donors (Lipinski definition) is 0. The fourth-order valence-corrected chi connectivity index (χ4v) is 9.44. The summed E-state index contributed by atoms with van der Waals surface area (Å²) in [6.07, 6.45) is 18.3. The van der Waals surface area contributed by atoms with E-state index in [-0.39, 0.29) is 17.3 Å². The van der Waals surface area contributed by atoms with Crippen LogP contribution in [0.3, 0.4) is 0 Å². The lowest BCUT2D eigenvalue weighted by atomic mass is 9.48. The topological polar surface area (TPSA) is 47.9 Å². The number of nitrogens with zero attached hydrogens (tertiary/aromatic N) is 1. The lowest BCUT2D eigenvalue weighted by Gasteiger charge is -2.56. The molecule has 36 heavy (non-hydrogen) atoms. The van der Waals surface area contributed by atoms with Crippen LogP contribution in [0, 0.1) is 46.3 Å². The summed E-state index contributed by atoms with van der Waals surface area (Å²) >= 11 is 0. The fourth-order valence-electron chi connectivity index (χ4n) is 8.64. The third kappa shape index (κ3) is 5.28. The van der Waals surface area contributed by atoms with Gasteiger partial charge in [0.2, 0.25) is 8.32 Å². The number of fused-ring (bicyclic) bond motifs is 5. The van der Waals surface area contributed by atoms with Gasteiger partial charge in [0, 0.05) is 0 Å². The molecule has 0 spiro atoms. The quantitative estimate of drug-likeness (QED) is 0.243. The van der Waals surface area contributed by atoms with Gasteiger partial charge in [-0.2, -0.15) is 0 Å². The molecule has 0 aromatic heterocycles. The summed E-state index contributed by atoms with van der Waals surface area (Å²) in [4.78, 5) is 17.5. The Balaban J connectivity index is 1.39. The molecule has 2 saturated carbocycles. The second-order valence-corrected chi connectivity index (χ2v) is 18.4. The molecule has 5 unspecified atom stereocenters. The predicted molar refractivity (Wildman–Crippen MR) is 151 cm³/mol. The number of carbonyl (C=O) groups is 1. The van der Waals surface area contributed by atoms with Gasteiger partial charge in [-0.15, -0.1) is 0 Å². The molecule has 0 bridgehead atoms. The minimum absolute atomic E-state index is 0.0161. The molecule has 0 amide bonds. The van der Waals surface area contributed by atoms with Gasteiger partial charge >= 0.3 is 0 Å². The smallest absolute Gasteiger partial charge is 0.295 e. The summed E-state index contributed by atoms with van der Waals surface area (Å²) in [6, 6.07) is 0. The van der Waals surface area contributed by atoms with Crippen molar-refractivity contribution in [3.05, 3.63) is 23.8 Å². The molecule has 4 aliphatic carbocycles. The van der Waals surface area contributed by atoms with Crippen molar-refractivity contribution >= 4 is 20.0 Å². The van der Waals surface area contributed by atoms with Crippen LogP contribution in [0.15, 0.2) is 29.0 Å². The molecular formula is C31H51NO3Si. The Morgan fingerprint density at radius 2 is 1.86 bits per heavy atom. The van der Waals surface area contributed by atoms with E-state index in [1.807, 2.05) is 0 Å². The van der Waals surface area contributed by atoms with E-state index in [4.69, 9.17) is 9.26 Å². The Kier molecular flexibility index (Phi) is 8.01. The van der Waals surface area contributed by atoms with E-state index in [2.05, 4.69) is 70.7 Å². The van der Waals surface area contributed by atoms with Crippen molar-refractivity contribution in [3.8, 4) is 0 Å². The molecule has 0 radical (unpaired) electrons. The van der Waals surface area contributed by atoms with Gasteiger partial charge < -0.3 is 9.26 Å². The number of allylic oxidation sites excluding steroid dienone is 4. The van der Waals surface area contributed by atoms with Crippen molar-refractivity contribution in [3.63, 3.8) is 0 Å². The highest BCUT2D eigenvalue weighted by Crippen LogP contribution is 2.66. The molecule has 0 aliphatic heterocycles. The summed E-state index contributed by atoms with van der Waals surface area (Å²) < 4.78 is 5.73. The molecule has 202 valence electrons. The van der Waals surface area contributed by atoms with Crippen molar-refractivity contribution < 1.29 is 14.1 Å². The standard InChI is InChI=1S/C31H51NO3Si/c1-21(10-9-11-22(2)29(33)35-36(6,7)8)26-14-15-27-25-13-12-23-20-24(32-34-5)16-18-30(23,3)28(25)17-19-31(26,27)4/h12-13,20-22,25-28H,9-11,14-19H2,1-8H3/b32-24+/t21?,22?,25?,26-,27?,28?,30+,31-/m1/s1. The molecule has 0 aromatic carbocycles. The zero-order valence-electron chi connectivity index (χ0n) is 24.2. The molecule has 8 atom stereocenters. The monoisotopic (exact) mass is 513 g/mol. The molecule has 5 heteroatoms.